The lowest BCUT2D eigenvalue weighted by molar-refractivity contribution is 0.595. The number of hydrogen-bond donors (Lipinski definition) is 0. The van der Waals surface area contributed by atoms with Crippen LogP contribution < -0.4 is 9.21 Å². The van der Waals surface area contributed by atoms with Crippen LogP contribution in [0, 0.1) is 0 Å². The Balaban J connectivity index is 2.54. The second-order valence-electron chi connectivity index (χ2n) is 3.75. The van der Waals surface area contributed by atoms with Crippen molar-refractivity contribution in [2.75, 3.05) is 35.6 Å². The molecule has 0 amide bonds. The van der Waals surface area contributed by atoms with E-state index in [2.05, 4.69) is 4.90 Å². The van der Waals surface area contributed by atoms with Gasteiger partial charge in [0.25, 0.3) is 0 Å². The van der Waals surface area contributed by atoms with Gasteiger partial charge in [0.2, 0.25) is 10.0 Å². The standard InChI is InChI=1S/C10H14N2O2S/c1-11-7-8-12(15(2,13)14)10-6-4-3-5-9(10)11/h3-6H,7-8H2,1-2H3. The summed E-state index contributed by atoms with van der Waals surface area (Å²) in [6.45, 7) is 1.25. The van der Waals surface area contributed by atoms with Crippen LogP contribution in [0.4, 0.5) is 11.4 Å². The van der Waals surface area contributed by atoms with E-state index in [9.17, 15) is 8.42 Å². The van der Waals surface area contributed by atoms with E-state index in [1.165, 1.54) is 10.6 Å². The fourth-order valence-electron chi connectivity index (χ4n) is 1.82. The van der Waals surface area contributed by atoms with E-state index in [0.717, 1.165) is 17.9 Å². The molecule has 1 aromatic carbocycles. The Hall–Kier alpha value is -1.23. The largest absolute Gasteiger partial charge is 0.371 e. The molecule has 1 aliphatic rings. The summed E-state index contributed by atoms with van der Waals surface area (Å²) in [7, 11) is -1.19. The highest BCUT2D eigenvalue weighted by Crippen LogP contribution is 2.32. The predicted octanol–water partition coefficient (Wildman–Crippen LogP) is 0.902. The first-order valence-electron chi connectivity index (χ1n) is 4.78. The summed E-state index contributed by atoms with van der Waals surface area (Å²) in [6.07, 6.45) is 1.25. The minimum atomic E-state index is -3.16. The Kier molecular flexibility index (Phi) is 2.34. The predicted molar refractivity (Wildman–Crippen MR) is 61.9 cm³/mol. The number of benzene rings is 1. The number of likely N-dealkylation sites (N-methyl/N-ethyl adjacent to an activating group) is 1. The molecule has 1 aliphatic heterocycles. The topological polar surface area (TPSA) is 40.6 Å². The Bertz CT molecular complexity index is 470. The molecule has 0 aliphatic carbocycles. The Morgan fingerprint density at radius 1 is 1.13 bits per heavy atom. The van der Waals surface area contributed by atoms with Gasteiger partial charge >= 0.3 is 0 Å². The molecule has 0 radical (unpaired) electrons. The Morgan fingerprint density at radius 3 is 2.33 bits per heavy atom. The van der Waals surface area contributed by atoms with E-state index >= 15 is 0 Å². The maximum atomic E-state index is 11.6. The summed E-state index contributed by atoms with van der Waals surface area (Å²) in [5, 5.41) is 0. The smallest absolute Gasteiger partial charge is 0.232 e. The van der Waals surface area contributed by atoms with Crippen molar-refractivity contribution in [1.82, 2.24) is 0 Å². The van der Waals surface area contributed by atoms with Gasteiger partial charge in [0, 0.05) is 13.6 Å². The van der Waals surface area contributed by atoms with Crippen LogP contribution in [0.1, 0.15) is 0 Å². The molecule has 0 fully saturated rings. The molecule has 0 saturated heterocycles. The van der Waals surface area contributed by atoms with Crippen LogP contribution in [0.15, 0.2) is 24.3 Å². The summed E-state index contributed by atoms with van der Waals surface area (Å²) in [4.78, 5) is 2.07. The van der Waals surface area contributed by atoms with Crippen molar-refractivity contribution in [3.63, 3.8) is 0 Å². The van der Waals surface area contributed by atoms with Gasteiger partial charge in [-0.05, 0) is 12.1 Å². The SMILES string of the molecule is CN1CCN(S(C)(=O)=O)c2ccccc21. The molecule has 0 N–H and O–H groups in total. The zero-order chi connectivity index (χ0) is 11.1. The average Bonchev–Trinajstić information content (AvgIpc) is 2.17. The van der Waals surface area contributed by atoms with Gasteiger partial charge in [-0.2, -0.15) is 0 Å². The van der Waals surface area contributed by atoms with Crippen molar-refractivity contribution in [2.45, 2.75) is 0 Å². The van der Waals surface area contributed by atoms with E-state index in [-0.39, 0.29) is 0 Å². The van der Waals surface area contributed by atoms with E-state index in [4.69, 9.17) is 0 Å². The van der Waals surface area contributed by atoms with Crippen molar-refractivity contribution >= 4 is 21.4 Å². The van der Waals surface area contributed by atoms with Crippen LogP contribution in [-0.4, -0.2) is 34.8 Å². The highest BCUT2D eigenvalue weighted by atomic mass is 32.2. The van der Waals surface area contributed by atoms with Crippen LogP contribution in [0.25, 0.3) is 0 Å². The third-order valence-electron chi connectivity index (χ3n) is 2.60. The molecular weight excluding hydrogens is 212 g/mol. The molecule has 1 aromatic rings. The van der Waals surface area contributed by atoms with Gasteiger partial charge in [-0.3, -0.25) is 4.31 Å². The minimum absolute atomic E-state index is 0.520. The fraction of sp³-hybridized carbons (Fsp3) is 0.400. The van der Waals surface area contributed by atoms with E-state index in [1.807, 2.05) is 31.3 Å². The zero-order valence-corrected chi connectivity index (χ0v) is 9.66. The number of rotatable bonds is 1. The number of sulfonamides is 1. The third kappa shape index (κ3) is 1.79. The van der Waals surface area contributed by atoms with Crippen LogP contribution in [0.3, 0.4) is 0 Å². The first-order chi connectivity index (χ1) is 7.00. The van der Waals surface area contributed by atoms with Gasteiger partial charge in [0.05, 0.1) is 24.2 Å². The van der Waals surface area contributed by atoms with Crippen molar-refractivity contribution in [3.8, 4) is 0 Å². The molecular formula is C10H14N2O2S. The molecule has 2 rings (SSSR count). The second-order valence-corrected chi connectivity index (χ2v) is 5.65. The average molecular weight is 226 g/mol. The van der Waals surface area contributed by atoms with Gasteiger partial charge in [-0.1, -0.05) is 12.1 Å². The van der Waals surface area contributed by atoms with Crippen molar-refractivity contribution in [2.24, 2.45) is 0 Å². The molecule has 0 unspecified atom stereocenters. The van der Waals surface area contributed by atoms with Crippen molar-refractivity contribution < 1.29 is 8.42 Å². The van der Waals surface area contributed by atoms with Gasteiger partial charge in [-0.15, -0.1) is 0 Å². The number of nitrogens with zero attached hydrogens (tertiary/aromatic N) is 2. The highest BCUT2D eigenvalue weighted by molar-refractivity contribution is 7.92. The summed E-state index contributed by atoms with van der Waals surface area (Å²) in [5.41, 5.74) is 1.74. The van der Waals surface area contributed by atoms with Gasteiger partial charge in [-0.25, -0.2) is 8.42 Å². The molecule has 5 heteroatoms. The Labute approximate surface area is 90.2 Å². The first kappa shape index (κ1) is 10.3. The lowest BCUT2D eigenvalue weighted by Gasteiger charge is -2.35. The van der Waals surface area contributed by atoms with Gasteiger partial charge < -0.3 is 4.90 Å². The van der Waals surface area contributed by atoms with Crippen LogP contribution in [-0.2, 0) is 10.0 Å². The van der Waals surface area contributed by atoms with E-state index in [1.54, 1.807) is 0 Å². The normalized spacial score (nSPS) is 16.4. The number of fused-ring (bicyclic) bond motifs is 1. The summed E-state index contributed by atoms with van der Waals surface area (Å²) in [5.74, 6) is 0. The van der Waals surface area contributed by atoms with Gasteiger partial charge in [0.1, 0.15) is 0 Å². The summed E-state index contributed by atoms with van der Waals surface area (Å²) < 4.78 is 24.6. The molecule has 0 spiro atoms. The molecule has 0 saturated carbocycles. The molecule has 0 bridgehead atoms. The first-order valence-corrected chi connectivity index (χ1v) is 6.63. The molecule has 82 valence electrons. The van der Waals surface area contributed by atoms with Crippen LogP contribution in [0.2, 0.25) is 0 Å². The van der Waals surface area contributed by atoms with Gasteiger partial charge in [0.15, 0.2) is 0 Å². The van der Waals surface area contributed by atoms with E-state index < -0.39 is 10.0 Å². The molecule has 1 heterocycles. The molecule has 0 aromatic heterocycles. The second kappa shape index (κ2) is 3.41. The fourth-order valence-corrected chi connectivity index (χ4v) is 2.75. The zero-order valence-electron chi connectivity index (χ0n) is 8.84. The molecule has 15 heavy (non-hydrogen) atoms. The maximum absolute atomic E-state index is 11.6. The highest BCUT2D eigenvalue weighted by Gasteiger charge is 2.25. The lowest BCUT2D eigenvalue weighted by atomic mass is 10.2. The number of anilines is 2. The van der Waals surface area contributed by atoms with Crippen LogP contribution >= 0.6 is 0 Å². The maximum Gasteiger partial charge on any atom is 0.232 e. The van der Waals surface area contributed by atoms with Crippen molar-refractivity contribution in [3.05, 3.63) is 24.3 Å². The monoisotopic (exact) mass is 226 g/mol. The number of para-hydroxylation sites is 2. The third-order valence-corrected chi connectivity index (χ3v) is 3.78. The number of hydrogen-bond acceptors (Lipinski definition) is 3. The summed E-state index contributed by atoms with van der Waals surface area (Å²) >= 11 is 0. The lowest BCUT2D eigenvalue weighted by Crippen LogP contribution is -2.42. The van der Waals surface area contributed by atoms with Crippen LogP contribution in [0.5, 0.6) is 0 Å². The van der Waals surface area contributed by atoms with Crippen molar-refractivity contribution in [1.29, 1.82) is 0 Å². The summed E-state index contributed by atoms with van der Waals surface area (Å²) in [6, 6.07) is 7.55. The minimum Gasteiger partial charge on any atom is -0.371 e. The molecule has 4 nitrogen and oxygen atoms in total. The van der Waals surface area contributed by atoms with E-state index in [0.29, 0.717) is 6.54 Å². The Morgan fingerprint density at radius 2 is 1.73 bits per heavy atom. The molecule has 0 atom stereocenters. The quantitative estimate of drug-likeness (QED) is 0.714.